The third kappa shape index (κ3) is 4.27. The molecule has 6 nitrogen and oxygen atoms in total. The number of hydrogen-bond donors (Lipinski definition) is 1. The lowest BCUT2D eigenvalue weighted by atomic mass is 9.97. The zero-order valence-electron chi connectivity index (χ0n) is 16.3. The summed E-state index contributed by atoms with van der Waals surface area (Å²) >= 11 is 0. The Labute approximate surface area is 165 Å². The van der Waals surface area contributed by atoms with E-state index in [1.165, 1.54) is 0 Å². The van der Waals surface area contributed by atoms with Gasteiger partial charge in [0.25, 0.3) is 0 Å². The molecule has 1 atom stereocenters. The van der Waals surface area contributed by atoms with Gasteiger partial charge in [-0.05, 0) is 36.2 Å². The van der Waals surface area contributed by atoms with Crippen LogP contribution in [0.25, 0.3) is 0 Å². The van der Waals surface area contributed by atoms with Crippen LogP contribution in [-0.4, -0.2) is 32.1 Å². The fourth-order valence-electron chi connectivity index (χ4n) is 3.42. The Hall–Kier alpha value is -3.02. The molecule has 1 aliphatic heterocycles. The summed E-state index contributed by atoms with van der Waals surface area (Å²) in [6, 6.07) is 12.6. The highest BCUT2D eigenvalue weighted by atomic mass is 16.5. The van der Waals surface area contributed by atoms with Crippen molar-refractivity contribution in [2.24, 2.45) is 5.73 Å². The van der Waals surface area contributed by atoms with Crippen LogP contribution in [0.15, 0.2) is 42.5 Å². The van der Waals surface area contributed by atoms with Gasteiger partial charge in [-0.1, -0.05) is 25.5 Å². The molecule has 0 aromatic heterocycles. The molecule has 3 rings (SSSR count). The number of hydrogen-bond acceptors (Lipinski definition) is 4. The van der Waals surface area contributed by atoms with Crippen LogP contribution in [0.1, 0.15) is 48.0 Å². The second-order valence-electron chi connectivity index (χ2n) is 6.93. The van der Waals surface area contributed by atoms with E-state index in [-0.39, 0.29) is 11.8 Å². The van der Waals surface area contributed by atoms with E-state index >= 15 is 0 Å². The lowest BCUT2D eigenvalue weighted by Crippen LogP contribution is -2.25. The first kappa shape index (κ1) is 19.7. The van der Waals surface area contributed by atoms with Crippen molar-refractivity contribution in [2.45, 2.75) is 32.1 Å². The minimum absolute atomic E-state index is 0.00673. The number of carbonyl (C=O) groups excluding carboxylic acids is 2. The number of methoxy groups -OCH3 is 1. The van der Waals surface area contributed by atoms with Gasteiger partial charge in [0.05, 0.1) is 13.7 Å². The monoisotopic (exact) mass is 382 g/mol. The number of carbonyl (C=O) groups is 2. The SMILES string of the molecule is CCCCOc1cc(OC)ccc1C1CC(=O)N(c2cccc(C(N)=O)c2)C1. The molecule has 6 heteroatoms. The van der Waals surface area contributed by atoms with E-state index in [1.54, 1.807) is 30.2 Å². The molecule has 2 aromatic rings. The van der Waals surface area contributed by atoms with E-state index in [2.05, 4.69) is 6.92 Å². The fourth-order valence-corrected chi connectivity index (χ4v) is 3.42. The van der Waals surface area contributed by atoms with E-state index in [4.69, 9.17) is 15.2 Å². The van der Waals surface area contributed by atoms with Gasteiger partial charge in [-0.3, -0.25) is 9.59 Å². The second kappa shape index (κ2) is 8.78. The summed E-state index contributed by atoms with van der Waals surface area (Å²) in [6.07, 6.45) is 2.40. The number of rotatable bonds is 8. The van der Waals surface area contributed by atoms with Gasteiger partial charge in [0, 0.05) is 36.2 Å². The topological polar surface area (TPSA) is 81.9 Å². The summed E-state index contributed by atoms with van der Waals surface area (Å²) in [5.41, 5.74) is 7.44. The summed E-state index contributed by atoms with van der Waals surface area (Å²) in [5, 5.41) is 0. The number of benzene rings is 2. The lowest BCUT2D eigenvalue weighted by Gasteiger charge is -2.19. The molecule has 28 heavy (non-hydrogen) atoms. The molecule has 0 radical (unpaired) electrons. The molecule has 2 amide bonds. The summed E-state index contributed by atoms with van der Waals surface area (Å²) in [4.78, 5) is 25.8. The molecule has 0 aliphatic carbocycles. The zero-order valence-corrected chi connectivity index (χ0v) is 16.3. The molecular formula is C22H26N2O4. The Morgan fingerprint density at radius 2 is 2.07 bits per heavy atom. The average Bonchev–Trinajstić information content (AvgIpc) is 3.09. The van der Waals surface area contributed by atoms with Gasteiger partial charge in [0.1, 0.15) is 11.5 Å². The van der Waals surface area contributed by atoms with Crippen LogP contribution in [0, 0.1) is 0 Å². The maximum Gasteiger partial charge on any atom is 0.248 e. The van der Waals surface area contributed by atoms with Gasteiger partial charge in [0.15, 0.2) is 0 Å². The van der Waals surface area contributed by atoms with Crippen molar-refractivity contribution in [3.63, 3.8) is 0 Å². The first-order valence-corrected chi connectivity index (χ1v) is 9.54. The van der Waals surface area contributed by atoms with Gasteiger partial charge in [-0.15, -0.1) is 0 Å². The largest absolute Gasteiger partial charge is 0.497 e. The van der Waals surface area contributed by atoms with Crippen LogP contribution in [0.5, 0.6) is 11.5 Å². The minimum atomic E-state index is -0.508. The van der Waals surface area contributed by atoms with Crippen molar-refractivity contribution >= 4 is 17.5 Å². The molecule has 1 fully saturated rings. The first-order valence-electron chi connectivity index (χ1n) is 9.54. The predicted octanol–water partition coefficient (Wildman–Crippen LogP) is 3.49. The third-order valence-electron chi connectivity index (χ3n) is 4.98. The summed E-state index contributed by atoms with van der Waals surface area (Å²) < 4.78 is 11.3. The zero-order chi connectivity index (χ0) is 20.1. The standard InChI is InChI=1S/C22H26N2O4/c1-3-4-10-28-20-13-18(27-2)8-9-19(20)16-12-21(25)24(14-16)17-7-5-6-15(11-17)22(23)26/h5-9,11,13,16H,3-4,10,12,14H2,1-2H3,(H2,23,26). The van der Waals surface area contributed by atoms with Gasteiger partial charge in [0.2, 0.25) is 11.8 Å². The molecule has 2 aromatic carbocycles. The van der Waals surface area contributed by atoms with Crippen molar-refractivity contribution in [2.75, 3.05) is 25.2 Å². The van der Waals surface area contributed by atoms with Crippen LogP contribution >= 0.6 is 0 Å². The Morgan fingerprint density at radius 3 is 2.79 bits per heavy atom. The third-order valence-corrected chi connectivity index (χ3v) is 4.98. The van der Waals surface area contributed by atoms with E-state index < -0.39 is 5.91 Å². The normalized spacial score (nSPS) is 16.3. The van der Waals surface area contributed by atoms with Gasteiger partial charge in [-0.2, -0.15) is 0 Å². The van der Waals surface area contributed by atoms with Crippen molar-refractivity contribution in [1.82, 2.24) is 0 Å². The second-order valence-corrected chi connectivity index (χ2v) is 6.93. The Kier molecular flexibility index (Phi) is 6.19. The number of primary amides is 1. The van der Waals surface area contributed by atoms with Gasteiger partial charge >= 0.3 is 0 Å². The van der Waals surface area contributed by atoms with Crippen LogP contribution in [0.3, 0.4) is 0 Å². The molecule has 1 heterocycles. The quantitative estimate of drug-likeness (QED) is 0.709. The average molecular weight is 382 g/mol. The smallest absolute Gasteiger partial charge is 0.248 e. The van der Waals surface area contributed by atoms with Crippen molar-refractivity contribution < 1.29 is 19.1 Å². The van der Waals surface area contributed by atoms with Crippen LogP contribution < -0.4 is 20.1 Å². The Balaban J connectivity index is 1.84. The minimum Gasteiger partial charge on any atom is -0.497 e. The molecule has 1 saturated heterocycles. The predicted molar refractivity (Wildman–Crippen MR) is 108 cm³/mol. The van der Waals surface area contributed by atoms with Crippen LogP contribution in [0.4, 0.5) is 5.69 Å². The molecule has 2 N–H and O–H groups in total. The van der Waals surface area contributed by atoms with Gasteiger partial charge < -0.3 is 20.1 Å². The van der Waals surface area contributed by atoms with Gasteiger partial charge in [-0.25, -0.2) is 0 Å². The number of nitrogens with zero attached hydrogens (tertiary/aromatic N) is 1. The first-order chi connectivity index (χ1) is 13.5. The number of unbranched alkanes of at least 4 members (excludes halogenated alkanes) is 1. The highest BCUT2D eigenvalue weighted by molar-refractivity contribution is 5.99. The number of ether oxygens (including phenoxy) is 2. The fraction of sp³-hybridized carbons (Fsp3) is 0.364. The molecule has 1 unspecified atom stereocenters. The molecule has 148 valence electrons. The van der Waals surface area contributed by atoms with E-state index in [0.29, 0.717) is 30.8 Å². The molecule has 0 spiro atoms. The summed E-state index contributed by atoms with van der Waals surface area (Å²) in [5.74, 6) is 1.00. The lowest BCUT2D eigenvalue weighted by molar-refractivity contribution is -0.117. The maximum absolute atomic E-state index is 12.7. The Morgan fingerprint density at radius 1 is 1.25 bits per heavy atom. The van der Waals surface area contributed by atoms with Crippen molar-refractivity contribution in [3.05, 3.63) is 53.6 Å². The van der Waals surface area contributed by atoms with E-state index in [0.717, 1.165) is 29.9 Å². The Bertz CT molecular complexity index is 865. The highest BCUT2D eigenvalue weighted by Crippen LogP contribution is 2.38. The summed E-state index contributed by atoms with van der Waals surface area (Å²) in [6.45, 7) is 3.27. The van der Waals surface area contributed by atoms with Crippen LogP contribution in [0.2, 0.25) is 0 Å². The molecule has 0 bridgehead atoms. The summed E-state index contributed by atoms with van der Waals surface area (Å²) in [7, 11) is 1.62. The van der Waals surface area contributed by atoms with E-state index in [9.17, 15) is 9.59 Å². The van der Waals surface area contributed by atoms with Crippen molar-refractivity contribution in [3.8, 4) is 11.5 Å². The maximum atomic E-state index is 12.7. The molecule has 0 saturated carbocycles. The highest BCUT2D eigenvalue weighted by Gasteiger charge is 2.33. The molecular weight excluding hydrogens is 356 g/mol. The number of anilines is 1. The molecule has 1 aliphatic rings. The number of amides is 2. The van der Waals surface area contributed by atoms with Crippen molar-refractivity contribution in [1.29, 1.82) is 0 Å². The van der Waals surface area contributed by atoms with Crippen LogP contribution in [-0.2, 0) is 4.79 Å². The van der Waals surface area contributed by atoms with E-state index in [1.807, 2.05) is 24.3 Å². The number of nitrogens with two attached hydrogens (primary N) is 1.